The molecule has 0 fully saturated rings. The van der Waals surface area contributed by atoms with Crippen LogP contribution in [0.2, 0.25) is 0 Å². The van der Waals surface area contributed by atoms with Crippen LogP contribution in [0.4, 0.5) is 11.4 Å². The maximum Gasteiger partial charge on any atom is 0.224 e. The zero-order chi connectivity index (χ0) is 13.5. The number of hydrogen-bond donors (Lipinski definition) is 2. The predicted molar refractivity (Wildman–Crippen MR) is 80.0 cm³/mol. The van der Waals surface area contributed by atoms with Crippen LogP contribution in [0.1, 0.15) is 19.3 Å². The molecule has 0 heterocycles. The van der Waals surface area contributed by atoms with Crippen LogP contribution in [0.5, 0.6) is 0 Å². The molecule has 3 N–H and O–H groups in total. The summed E-state index contributed by atoms with van der Waals surface area (Å²) < 4.78 is 0.949. The highest BCUT2D eigenvalue weighted by Gasteiger charge is 2.08. The first-order valence-electron chi connectivity index (χ1n) is 6.01. The first-order chi connectivity index (χ1) is 8.54. The third kappa shape index (κ3) is 4.66. The molecule has 0 spiro atoms. The van der Waals surface area contributed by atoms with Gasteiger partial charge < -0.3 is 16.0 Å². The van der Waals surface area contributed by atoms with Crippen LogP contribution >= 0.6 is 15.9 Å². The Morgan fingerprint density at radius 2 is 2.11 bits per heavy atom. The molecule has 0 aliphatic rings. The second-order valence-corrected chi connectivity index (χ2v) is 5.27. The molecule has 5 heteroatoms. The average molecular weight is 314 g/mol. The molecule has 4 nitrogen and oxygen atoms in total. The zero-order valence-corrected chi connectivity index (χ0v) is 12.5. The molecule has 0 radical (unpaired) electrons. The third-order valence-electron chi connectivity index (χ3n) is 2.57. The van der Waals surface area contributed by atoms with Gasteiger partial charge >= 0.3 is 0 Å². The minimum absolute atomic E-state index is 0.0321. The second kappa shape index (κ2) is 7.38. The molecule has 1 aromatic carbocycles. The number of nitrogens with one attached hydrogen (secondary N) is 1. The number of nitrogens with two attached hydrogens (primary N) is 1. The van der Waals surface area contributed by atoms with Crippen molar-refractivity contribution in [3.63, 3.8) is 0 Å². The number of unbranched alkanes of at least 4 members (excludes halogenated alkanes) is 1. The van der Waals surface area contributed by atoms with E-state index in [2.05, 4.69) is 21.2 Å². The van der Waals surface area contributed by atoms with E-state index in [9.17, 15) is 4.79 Å². The Bertz CT molecular complexity index is 407. The number of rotatable bonds is 6. The summed E-state index contributed by atoms with van der Waals surface area (Å²) in [5.74, 6) is 0.0321. The highest BCUT2D eigenvalue weighted by atomic mass is 79.9. The molecule has 0 bridgehead atoms. The van der Waals surface area contributed by atoms with Gasteiger partial charge in [-0.15, -0.1) is 0 Å². The first-order valence-corrected chi connectivity index (χ1v) is 6.80. The largest absolute Gasteiger partial charge is 0.376 e. The number of benzene rings is 1. The Labute approximate surface area is 117 Å². The lowest BCUT2D eigenvalue weighted by molar-refractivity contribution is -0.116. The van der Waals surface area contributed by atoms with Crippen molar-refractivity contribution in [1.29, 1.82) is 0 Å². The van der Waals surface area contributed by atoms with E-state index in [1.807, 2.05) is 37.2 Å². The van der Waals surface area contributed by atoms with E-state index in [0.717, 1.165) is 28.7 Å². The number of halogens is 1. The van der Waals surface area contributed by atoms with E-state index in [-0.39, 0.29) is 5.91 Å². The number of carbonyl (C=O) groups excluding carboxylic acids is 1. The fraction of sp³-hybridized carbons (Fsp3) is 0.462. The summed E-state index contributed by atoms with van der Waals surface area (Å²) in [6.45, 7) is 0.632. The Kier molecular flexibility index (Phi) is 6.15. The van der Waals surface area contributed by atoms with E-state index in [4.69, 9.17) is 5.73 Å². The molecule has 0 atom stereocenters. The van der Waals surface area contributed by atoms with Crippen molar-refractivity contribution in [2.24, 2.45) is 5.73 Å². The third-order valence-corrected chi connectivity index (χ3v) is 3.07. The summed E-state index contributed by atoms with van der Waals surface area (Å²) in [6, 6.07) is 5.84. The normalized spacial score (nSPS) is 10.2. The quantitative estimate of drug-likeness (QED) is 0.794. The van der Waals surface area contributed by atoms with Crippen LogP contribution in [0.25, 0.3) is 0 Å². The van der Waals surface area contributed by atoms with Crippen molar-refractivity contribution in [3.05, 3.63) is 22.7 Å². The first kappa shape index (κ1) is 15.0. The summed E-state index contributed by atoms with van der Waals surface area (Å²) >= 11 is 3.41. The van der Waals surface area contributed by atoms with Crippen molar-refractivity contribution in [1.82, 2.24) is 0 Å². The molecule has 0 unspecified atom stereocenters. The molecule has 0 aromatic heterocycles. The van der Waals surface area contributed by atoms with Crippen LogP contribution in [-0.2, 0) is 4.79 Å². The average Bonchev–Trinajstić information content (AvgIpc) is 2.29. The lowest BCUT2D eigenvalue weighted by atomic mass is 10.2. The van der Waals surface area contributed by atoms with E-state index in [0.29, 0.717) is 13.0 Å². The van der Waals surface area contributed by atoms with Gasteiger partial charge in [0, 0.05) is 25.0 Å². The monoisotopic (exact) mass is 313 g/mol. The van der Waals surface area contributed by atoms with Crippen molar-refractivity contribution in [2.75, 3.05) is 30.9 Å². The van der Waals surface area contributed by atoms with E-state index < -0.39 is 0 Å². The molecular weight excluding hydrogens is 294 g/mol. The Balaban J connectivity index is 2.70. The smallest absolute Gasteiger partial charge is 0.224 e. The summed E-state index contributed by atoms with van der Waals surface area (Å²) in [5.41, 5.74) is 7.22. The van der Waals surface area contributed by atoms with E-state index in [1.165, 1.54) is 0 Å². The summed E-state index contributed by atoms with van der Waals surface area (Å²) in [5, 5.41) is 2.94. The topological polar surface area (TPSA) is 58.4 Å². The molecule has 0 aliphatic carbocycles. The summed E-state index contributed by atoms with van der Waals surface area (Å²) in [4.78, 5) is 13.8. The molecule has 0 aliphatic heterocycles. The van der Waals surface area contributed by atoms with Gasteiger partial charge in [0.15, 0.2) is 0 Å². The van der Waals surface area contributed by atoms with Crippen molar-refractivity contribution >= 4 is 33.2 Å². The lowest BCUT2D eigenvalue weighted by Gasteiger charge is -2.18. The second-order valence-electron chi connectivity index (χ2n) is 4.35. The molecule has 1 amide bonds. The number of amides is 1. The molecular formula is C13H20BrN3O. The molecule has 0 saturated heterocycles. The fourth-order valence-electron chi connectivity index (χ4n) is 1.64. The summed E-state index contributed by atoms with van der Waals surface area (Å²) in [7, 11) is 3.90. The fourth-order valence-corrected chi connectivity index (χ4v) is 2.00. The number of nitrogens with zero attached hydrogens (tertiary/aromatic N) is 1. The molecule has 100 valence electrons. The number of hydrogen-bond acceptors (Lipinski definition) is 3. The Morgan fingerprint density at radius 1 is 1.39 bits per heavy atom. The van der Waals surface area contributed by atoms with Crippen LogP contribution < -0.4 is 16.0 Å². The predicted octanol–water partition coefficient (Wildman–Crippen LogP) is 2.58. The molecule has 1 aromatic rings. The van der Waals surface area contributed by atoms with Gasteiger partial charge in [-0.25, -0.2) is 0 Å². The SMILES string of the molecule is CN(C)c1ccc(Br)cc1NC(=O)CCCCN. The van der Waals surface area contributed by atoms with Gasteiger partial charge in [-0.3, -0.25) is 4.79 Å². The highest BCUT2D eigenvalue weighted by Crippen LogP contribution is 2.28. The highest BCUT2D eigenvalue weighted by molar-refractivity contribution is 9.10. The summed E-state index contributed by atoms with van der Waals surface area (Å²) in [6.07, 6.45) is 2.22. The molecule has 18 heavy (non-hydrogen) atoms. The van der Waals surface area contributed by atoms with Crippen molar-refractivity contribution in [2.45, 2.75) is 19.3 Å². The van der Waals surface area contributed by atoms with Gasteiger partial charge in [-0.05, 0) is 37.6 Å². The van der Waals surface area contributed by atoms with E-state index >= 15 is 0 Å². The van der Waals surface area contributed by atoms with Crippen LogP contribution in [0, 0.1) is 0 Å². The van der Waals surface area contributed by atoms with Gasteiger partial charge in [0.25, 0.3) is 0 Å². The van der Waals surface area contributed by atoms with Gasteiger partial charge in [-0.2, -0.15) is 0 Å². The number of anilines is 2. The van der Waals surface area contributed by atoms with Gasteiger partial charge in [0.1, 0.15) is 0 Å². The van der Waals surface area contributed by atoms with Gasteiger partial charge in [-0.1, -0.05) is 15.9 Å². The molecule has 1 rings (SSSR count). The van der Waals surface area contributed by atoms with Gasteiger partial charge in [0.2, 0.25) is 5.91 Å². The minimum atomic E-state index is 0.0321. The van der Waals surface area contributed by atoms with Crippen molar-refractivity contribution in [3.8, 4) is 0 Å². The Morgan fingerprint density at radius 3 is 2.72 bits per heavy atom. The minimum Gasteiger partial charge on any atom is -0.376 e. The van der Waals surface area contributed by atoms with E-state index in [1.54, 1.807) is 0 Å². The van der Waals surface area contributed by atoms with Crippen LogP contribution in [-0.4, -0.2) is 26.5 Å². The maximum atomic E-state index is 11.8. The maximum absolute atomic E-state index is 11.8. The lowest BCUT2D eigenvalue weighted by Crippen LogP contribution is -2.16. The van der Waals surface area contributed by atoms with Crippen molar-refractivity contribution < 1.29 is 4.79 Å². The van der Waals surface area contributed by atoms with Crippen LogP contribution in [0.3, 0.4) is 0 Å². The Hall–Kier alpha value is -1.07. The number of carbonyl (C=O) groups is 1. The molecule has 0 saturated carbocycles. The standard InChI is InChI=1S/C13H20BrN3O/c1-17(2)12-7-6-10(14)9-11(12)16-13(18)5-3-4-8-15/h6-7,9H,3-5,8,15H2,1-2H3,(H,16,18). The van der Waals surface area contributed by atoms with Gasteiger partial charge in [0.05, 0.1) is 11.4 Å². The zero-order valence-electron chi connectivity index (χ0n) is 10.9. The van der Waals surface area contributed by atoms with Crippen LogP contribution in [0.15, 0.2) is 22.7 Å².